The van der Waals surface area contributed by atoms with E-state index in [0.717, 1.165) is 54.6 Å². The van der Waals surface area contributed by atoms with Gasteiger partial charge in [-0.1, -0.05) is 26.0 Å². The summed E-state index contributed by atoms with van der Waals surface area (Å²) in [5.41, 5.74) is 2.40. The minimum absolute atomic E-state index is 0.0689. The van der Waals surface area contributed by atoms with Gasteiger partial charge in [-0.05, 0) is 92.6 Å². The first kappa shape index (κ1) is 20.7. The van der Waals surface area contributed by atoms with Gasteiger partial charge < -0.3 is 4.98 Å². The lowest BCUT2D eigenvalue weighted by molar-refractivity contribution is 0.143. The van der Waals surface area contributed by atoms with Gasteiger partial charge in [0.2, 0.25) is 0 Å². The number of piperidine rings is 1. The maximum Gasteiger partial charge on any atom is 0.253 e. The summed E-state index contributed by atoms with van der Waals surface area (Å²) in [6.07, 6.45) is 3.11. The second kappa shape index (κ2) is 7.95. The molecule has 1 fully saturated rings. The zero-order valence-electron chi connectivity index (χ0n) is 18.6. The molecule has 1 aliphatic rings. The third-order valence-electron chi connectivity index (χ3n) is 6.68. The summed E-state index contributed by atoms with van der Waals surface area (Å²) in [5.74, 6) is 1.44. The summed E-state index contributed by atoms with van der Waals surface area (Å²) in [6.45, 7) is 12.6. The molecule has 0 spiro atoms. The minimum Gasteiger partial charge on any atom is -0.322 e. The Kier molecular flexibility index (Phi) is 5.49. The van der Waals surface area contributed by atoms with Crippen molar-refractivity contribution in [3.8, 4) is 0 Å². The maximum absolute atomic E-state index is 13.3. The van der Waals surface area contributed by atoms with E-state index in [1.807, 2.05) is 23.7 Å². The fraction of sp³-hybridized carbons (Fsp3) is 0.565. The average Bonchev–Trinajstić information content (AvgIpc) is 3.20. The molecule has 0 bridgehead atoms. The van der Waals surface area contributed by atoms with E-state index >= 15 is 0 Å². The molecule has 2 aromatic heterocycles. The smallest absolute Gasteiger partial charge is 0.253 e. The third kappa shape index (κ3) is 3.78. The van der Waals surface area contributed by atoms with Gasteiger partial charge in [0.05, 0.1) is 5.54 Å². The van der Waals surface area contributed by atoms with Crippen molar-refractivity contribution < 1.29 is 0 Å². The molecule has 1 N–H and O–H groups in total. The summed E-state index contributed by atoms with van der Waals surface area (Å²) in [7, 11) is 0. The predicted octanol–water partition coefficient (Wildman–Crippen LogP) is 3.79. The molecule has 0 unspecified atom stereocenters. The molecule has 7 nitrogen and oxygen atoms in total. The van der Waals surface area contributed by atoms with Crippen LogP contribution in [0.3, 0.4) is 0 Å². The van der Waals surface area contributed by atoms with Gasteiger partial charge >= 0.3 is 0 Å². The predicted molar refractivity (Wildman–Crippen MR) is 119 cm³/mol. The Labute approximate surface area is 177 Å². The number of likely N-dealkylation sites (tertiary alicyclic amines) is 1. The lowest BCUT2D eigenvalue weighted by Crippen LogP contribution is -2.41. The van der Waals surface area contributed by atoms with Crippen molar-refractivity contribution in [2.75, 3.05) is 13.1 Å². The van der Waals surface area contributed by atoms with E-state index in [0.29, 0.717) is 11.5 Å². The van der Waals surface area contributed by atoms with Gasteiger partial charge in [0.1, 0.15) is 6.04 Å². The number of rotatable bonds is 5. The zero-order chi connectivity index (χ0) is 21.5. The van der Waals surface area contributed by atoms with Gasteiger partial charge in [-0.25, -0.2) is 4.68 Å². The Morgan fingerprint density at radius 1 is 1.23 bits per heavy atom. The van der Waals surface area contributed by atoms with Gasteiger partial charge in [-0.15, -0.1) is 5.10 Å². The number of aryl methyl sites for hydroxylation is 1. The number of tetrazole rings is 1. The average molecular weight is 409 g/mol. The van der Waals surface area contributed by atoms with Crippen LogP contribution in [-0.4, -0.2) is 43.2 Å². The van der Waals surface area contributed by atoms with Crippen LogP contribution < -0.4 is 5.56 Å². The number of benzene rings is 1. The van der Waals surface area contributed by atoms with Gasteiger partial charge in [-0.2, -0.15) is 0 Å². The molecular weight excluding hydrogens is 376 g/mol. The Balaban J connectivity index is 1.88. The van der Waals surface area contributed by atoms with E-state index in [4.69, 9.17) is 0 Å². The number of hydrogen-bond acceptors (Lipinski definition) is 5. The molecule has 1 aromatic carbocycles. The van der Waals surface area contributed by atoms with Crippen LogP contribution in [0.2, 0.25) is 0 Å². The van der Waals surface area contributed by atoms with Gasteiger partial charge in [0, 0.05) is 11.1 Å². The van der Waals surface area contributed by atoms with E-state index in [1.165, 1.54) is 0 Å². The number of fused-ring (bicyclic) bond motifs is 1. The first-order chi connectivity index (χ1) is 14.3. The molecular formula is C23H32N6O. The van der Waals surface area contributed by atoms with E-state index in [9.17, 15) is 4.79 Å². The second-order valence-corrected chi connectivity index (χ2v) is 9.38. The molecule has 0 saturated carbocycles. The van der Waals surface area contributed by atoms with Crippen LogP contribution in [0.4, 0.5) is 0 Å². The Hall–Kier alpha value is -2.54. The molecule has 1 aliphatic heterocycles. The number of nitrogens with zero attached hydrogens (tertiary/aromatic N) is 5. The number of aromatic amines is 1. The van der Waals surface area contributed by atoms with Crippen molar-refractivity contribution in [1.82, 2.24) is 30.1 Å². The summed E-state index contributed by atoms with van der Waals surface area (Å²) < 4.78 is 1.91. The lowest BCUT2D eigenvalue weighted by Gasteiger charge is -2.37. The van der Waals surface area contributed by atoms with Gasteiger partial charge in [-0.3, -0.25) is 9.69 Å². The van der Waals surface area contributed by atoms with Gasteiger partial charge in [0.25, 0.3) is 5.56 Å². The number of H-pyrrole nitrogens is 1. The Morgan fingerprint density at radius 2 is 1.97 bits per heavy atom. The summed E-state index contributed by atoms with van der Waals surface area (Å²) in [6, 6.07) is 7.91. The molecule has 0 aliphatic carbocycles. The molecule has 1 saturated heterocycles. The molecule has 30 heavy (non-hydrogen) atoms. The highest BCUT2D eigenvalue weighted by Crippen LogP contribution is 2.33. The molecule has 7 heteroatoms. The highest BCUT2D eigenvalue weighted by atomic mass is 16.1. The largest absolute Gasteiger partial charge is 0.322 e. The van der Waals surface area contributed by atoms with Gasteiger partial charge in [0.15, 0.2) is 5.82 Å². The number of pyridine rings is 1. The van der Waals surface area contributed by atoms with Crippen LogP contribution in [0.1, 0.15) is 70.0 Å². The van der Waals surface area contributed by atoms with E-state index in [-0.39, 0.29) is 17.1 Å². The van der Waals surface area contributed by atoms with Crippen molar-refractivity contribution in [3.05, 3.63) is 51.6 Å². The van der Waals surface area contributed by atoms with E-state index in [2.05, 4.69) is 65.2 Å². The minimum atomic E-state index is -0.271. The summed E-state index contributed by atoms with van der Waals surface area (Å²) >= 11 is 0. The molecule has 0 radical (unpaired) electrons. The Morgan fingerprint density at radius 3 is 2.67 bits per heavy atom. The molecule has 4 rings (SSSR count). The number of hydrogen-bond donors (Lipinski definition) is 1. The van der Waals surface area contributed by atoms with Crippen molar-refractivity contribution in [2.45, 2.75) is 65.5 Å². The fourth-order valence-electron chi connectivity index (χ4n) is 4.27. The Bertz CT molecular complexity index is 1090. The first-order valence-corrected chi connectivity index (χ1v) is 11.0. The molecule has 0 amide bonds. The normalized spacial score (nSPS) is 17.5. The first-order valence-electron chi connectivity index (χ1n) is 11.0. The van der Waals surface area contributed by atoms with Crippen LogP contribution in [0, 0.1) is 12.8 Å². The topological polar surface area (TPSA) is 79.7 Å². The second-order valence-electron chi connectivity index (χ2n) is 9.38. The third-order valence-corrected chi connectivity index (χ3v) is 6.68. The van der Waals surface area contributed by atoms with Crippen molar-refractivity contribution in [1.29, 1.82) is 0 Å². The highest BCUT2D eigenvalue weighted by molar-refractivity contribution is 5.79. The number of aromatic nitrogens is 5. The number of nitrogens with one attached hydrogen (secondary N) is 1. The molecule has 1 atom stereocenters. The SMILES string of the molecule is CCC(C)(C)n1nnnc1[C@@H](c1cc2ccc(C)cc2[nH]c1=O)N1CCC(C)CC1. The zero-order valence-corrected chi connectivity index (χ0v) is 18.6. The summed E-state index contributed by atoms with van der Waals surface area (Å²) in [5, 5.41) is 13.8. The van der Waals surface area contributed by atoms with Crippen molar-refractivity contribution >= 4 is 10.9 Å². The quantitative estimate of drug-likeness (QED) is 0.695. The fourth-order valence-corrected chi connectivity index (χ4v) is 4.27. The van der Waals surface area contributed by atoms with Crippen LogP contribution >= 0.6 is 0 Å². The standard InChI is InChI=1S/C23H32N6O/c1-6-23(4,5)29-21(25-26-27-29)20(28-11-9-15(2)10-12-28)18-14-17-8-7-16(3)13-19(17)24-22(18)30/h7-8,13-15,20H,6,9-12H2,1-5H3,(H,24,30)/t20-/m1/s1. The van der Waals surface area contributed by atoms with E-state index in [1.54, 1.807) is 0 Å². The monoisotopic (exact) mass is 408 g/mol. The van der Waals surface area contributed by atoms with Crippen molar-refractivity contribution in [3.63, 3.8) is 0 Å². The highest BCUT2D eigenvalue weighted by Gasteiger charge is 2.35. The molecule has 3 heterocycles. The van der Waals surface area contributed by atoms with Crippen LogP contribution in [0.25, 0.3) is 10.9 Å². The van der Waals surface area contributed by atoms with Crippen LogP contribution in [-0.2, 0) is 5.54 Å². The van der Waals surface area contributed by atoms with Crippen LogP contribution in [0.15, 0.2) is 29.1 Å². The lowest BCUT2D eigenvalue weighted by atomic mass is 9.94. The van der Waals surface area contributed by atoms with Crippen LogP contribution in [0.5, 0.6) is 0 Å². The molecule has 160 valence electrons. The van der Waals surface area contributed by atoms with E-state index < -0.39 is 0 Å². The maximum atomic E-state index is 13.3. The molecule has 3 aromatic rings. The van der Waals surface area contributed by atoms with Crippen molar-refractivity contribution in [2.24, 2.45) is 5.92 Å². The summed E-state index contributed by atoms with van der Waals surface area (Å²) in [4.78, 5) is 18.7.